The van der Waals surface area contributed by atoms with Crippen LogP contribution < -0.4 is 14.8 Å². The van der Waals surface area contributed by atoms with Crippen LogP contribution in [0.5, 0.6) is 11.5 Å². The van der Waals surface area contributed by atoms with Gasteiger partial charge in [-0.05, 0) is 61.5 Å². The van der Waals surface area contributed by atoms with Crippen molar-refractivity contribution in [2.45, 2.75) is 30.2 Å². The average molecular weight is 399 g/mol. The van der Waals surface area contributed by atoms with E-state index in [9.17, 15) is 4.79 Å². The van der Waals surface area contributed by atoms with E-state index in [2.05, 4.69) is 22.3 Å². The molecular formula is C22H26N2O3S. The Morgan fingerprint density at radius 2 is 2.00 bits per heavy atom. The number of rotatable bonds is 5. The quantitative estimate of drug-likeness (QED) is 0.759. The molecule has 0 saturated carbocycles. The van der Waals surface area contributed by atoms with Crippen molar-refractivity contribution in [3.63, 3.8) is 0 Å². The largest absolute Gasteiger partial charge is 0.490 e. The van der Waals surface area contributed by atoms with E-state index in [1.807, 2.05) is 36.6 Å². The van der Waals surface area contributed by atoms with Gasteiger partial charge < -0.3 is 14.8 Å². The molecule has 1 saturated heterocycles. The zero-order chi connectivity index (χ0) is 19.3. The van der Waals surface area contributed by atoms with Crippen LogP contribution in [0.3, 0.4) is 0 Å². The summed E-state index contributed by atoms with van der Waals surface area (Å²) < 4.78 is 11.6. The molecule has 0 unspecified atom stereocenters. The second-order valence-corrected chi connectivity index (χ2v) is 8.04. The van der Waals surface area contributed by atoms with Crippen LogP contribution in [0.1, 0.15) is 30.9 Å². The molecule has 4 rings (SSSR count). The number of thioether (sulfide) groups is 1. The van der Waals surface area contributed by atoms with Crippen LogP contribution in [0.25, 0.3) is 0 Å². The summed E-state index contributed by atoms with van der Waals surface area (Å²) in [5.74, 6) is 1.66. The van der Waals surface area contributed by atoms with Gasteiger partial charge in [0, 0.05) is 23.0 Å². The summed E-state index contributed by atoms with van der Waals surface area (Å²) in [4.78, 5) is 16.0. The van der Waals surface area contributed by atoms with Gasteiger partial charge in [-0.25, -0.2) is 0 Å². The highest BCUT2D eigenvalue weighted by molar-refractivity contribution is 7.98. The van der Waals surface area contributed by atoms with Crippen molar-refractivity contribution in [2.75, 3.05) is 37.9 Å². The highest BCUT2D eigenvalue weighted by Crippen LogP contribution is 2.37. The Bertz CT molecular complexity index is 842. The molecule has 0 aliphatic carbocycles. The molecule has 1 fully saturated rings. The predicted octanol–water partition coefficient (Wildman–Crippen LogP) is 4.35. The van der Waals surface area contributed by atoms with E-state index in [4.69, 9.17) is 9.47 Å². The molecule has 2 aromatic rings. The van der Waals surface area contributed by atoms with Crippen LogP contribution in [0.4, 0.5) is 5.69 Å². The maximum atomic E-state index is 12.6. The molecule has 28 heavy (non-hydrogen) atoms. The van der Waals surface area contributed by atoms with E-state index >= 15 is 0 Å². The third-order valence-corrected chi connectivity index (χ3v) is 5.95. The Kier molecular flexibility index (Phi) is 6.07. The Labute approximate surface area is 170 Å². The molecule has 0 aromatic heterocycles. The average Bonchev–Trinajstić information content (AvgIpc) is 3.03. The number of hydrogen-bond acceptors (Lipinski definition) is 5. The van der Waals surface area contributed by atoms with E-state index in [1.54, 1.807) is 11.8 Å². The van der Waals surface area contributed by atoms with E-state index in [0.717, 1.165) is 47.9 Å². The molecule has 2 heterocycles. The lowest BCUT2D eigenvalue weighted by molar-refractivity contribution is -0.117. The fourth-order valence-corrected chi connectivity index (χ4v) is 4.33. The topological polar surface area (TPSA) is 50.8 Å². The number of ether oxygens (including phenoxy) is 2. The minimum absolute atomic E-state index is 0.0273. The van der Waals surface area contributed by atoms with Gasteiger partial charge in [0.05, 0.1) is 19.8 Å². The van der Waals surface area contributed by atoms with Crippen molar-refractivity contribution in [3.05, 3.63) is 48.0 Å². The summed E-state index contributed by atoms with van der Waals surface area (Å²) in [5, 5.41) is 3.04. The third kappa shape index (κ3) is 4.45. The molecule has 2 aromatic carbocycles. The highest BCUT2D eigenvalue weighted by Gasteiger charge is 2.28. The zero-order valence-corrected chi connectivity index (χ0v) is 17.0. The molecule has 5 nitrogen and oxygen atoms in total. The lowest BCUT2D eigenvalue weighted by Gasteiger charge is -2.25. The molecule has 6 heteroatoms. The lowest BCUT2D eigenvalue weighted by atomic mass is 10.0. The van der Waals surface area contributed by atoms with E-state index in [-0.39, 0.29) is 11.9 Å². The molecule has 0 bridgehead atoms. The number of hydrogen-bond donors (Lipinski definition) is 1. The molecule has 2 aliphatic rings. The summed E-state index contributed by atoms with van der Waals surface area (Å²) in [5.41, 5.74) is 2.04. The number of fused-ring (bicyclic) bond motifs is 1. The van der Waals surface area contributed by atoms with Gasteiger partial charge in [0.15, 0.2) is 11.5 Å². The first kappa shape index (κ1) is 19.2. The highest BCUT2D eigenvalue weighted by atomic mass is 32.2. The van der Waals surface area contributed by atoms with Crippen molar-refractivity contribution in [1.82, 2.24) is 4.90 Å². The van der Waals surface area contributed by atoms with Crippen LogP contribution >= 0.6 is 11.8 Å². The molecule has 1 atom stereocenters. The fourth-order valence-electron chi connectivity index (χ4n) is 3.87. The number of anilines is 1. The molecule has 1 amide bonds. The van der Waals surface area contributed by atoms with Gasteiger partial charge in [-0.3, -0.25) is 9.69 Å². The number of nitrogens with zero attached hydrogens (tertiary/aromatic N) is 1. The van der Waals surface area contributed by atoms with Crippen LogP contribution in [0.2, 0.25) is 0 Å². The first-order chi connectivity index (χ1) is 13.7. The normalized spacial score (nSPS) is 19.2. The van der Waals surface area contributed by atoms with Gasteiger partial charge in [-0.2, -0.15) is 0 Å². The first-order valence-electron chi connectivity index (χ1n) is 9.80. The van der Waals surface area contributed by atoms with Crippen molar-refractivity contribution < 1.29 is 14.3 Å². The van der Waals surface area contributed by atoms with Crippen LogP contribution in [0.15, 0.2) is 47.4 Å². The van der Waals surface area contributed by atoms with Gasteiger partial charge >= 0.3 is 0 Å². The number of amides is 1. The minimum Gasteiger partial charge on any atom is -0.490 e. The SMILES string of the molecule is CSc1cccc(NC(=O)CN2CCC[C@H]2c2ccc3c(c2)OCCCO3)c1. The minimum atomic E-state index is 0.0273. The summed E-state index contributed by atoms with van der Waals surface area (Å²) in [6.45, 7) is 2.70. The third-order valence-electron chi connectivity index (χ3n) is 5.22. The Morgan fingerprint density at radius 1 is 1.14 bits per heavy atom. The van der Waals surface area contributed by atoms with Crippen molar-refractivity contribution in [1.29, 1.82) is 0 Å². The monoisotopic (exact) mass is 398 g/mol. The van der Waals surface area contributed by atoms with Crippen LogP contribution in [0, 0.1) is 0 Å². The maximum absolute atomic E-state index is 12.6. The van der Waals surface area contributed by atoms with Gasteiger partial charge in [0.25, 0.3) is 0 Å². The second kappa shape index (κ2) is 8.88. The summed E-state index contributed by atoms with van der Waals surface area (Å²) in [7, 11) is 0. The molecule has 2 aliphatic heterocycles. The van der Waals surface area contributed by atoms with Gasteiger partial charge in [0.2, 0.25) is 5.91 Å². The molecular weight excluding hydrogens is 372 g/mol. The second-order valence-electron chi connectivity index (χ2n) is 7.17. The van der Waals surface area contributed by atoms with E-state index < -0.39 is 0 Å². The van der Waals surface area contributed by atoms with Crippen molar-refractivity contribution in [2.24, 2.45) is 0 Å². The van der Waals surface area contributed by atoms with Gasteiger partial charge in [0.1, 0.15) is 0 Å². The standard InChI is InChI=1S/C22H26N2O3S/c1-28-18-6-2-5-17(14-18)23-22(25)15-24-10-3-7-19(24)16-8-9-20-21(13-16)27-12-4-11-26-20/h2,5-6,8-9,13-14,19H,3-4,7,10-12,15H2,1H3,(H,23,25)/t19-/m0/s1. The maximum Gasteiger partial charge on any atom is 0.238 e. The summed E-state index contributed by atoms with van der Waals surface area (Å²) >= 11 is 1.67. The number of carbonyl (C=O) groups excluding carboxylic acids is 1. The Balaban J connectivity index is 1.43. The number of likely N-dealkylation sites (tertiary alicyclic amines) is 1. The summed E-state index contributed by atoms with van der Waals surface area (Å²) in [6, 6.07) is 14.4. The Hall–Kier alpha value is -2.18. The van der Waals surface area contributed by atoms with Crippen molar-refractivity contribution in [3.8, 4) is 11.5 Å². The van der Waals surface area contributed by atoms with Gasteiger partial charge in [-0.15, -0.1) is 11.8 Å². The van der Waals surface area contributed by atoms with E-state index in [1.165, 1.54) is 5.56 Å². The molecule has 0 radical (unpaired) electrons. The van der Waals surface area contributed by atoms with Crippen molar-refractivity contribution >= 4 is 23.4 Å². The fraction of sp³-hybridized carbons (Fsp3) is 0.409. The number of carbonyl (C=O) groups is 1. The Morgan fingerprint density at radius 3 is 2.86 bits per heavy atom. The zero-order valence-electron chi connectivity index (χ0n) is 16.1. The summed E-state index contributed by atoms with van der Waals surface area (Å²) in [6.07, 6.45) is 5.08. The number of nitrogens with one attached hydrogen (secondary N) is 1. The predicted molar refractivity (Wildman–Crippen MR) is 112 cm³/mol. The molecule has 148 valence electrons. The number of benzene rings is 2. The van der Waals surface area contributed by atoms with Crippen LogP contribution in [-0.4, -0.2) is 43.4 Å². The van der Waals surface area contributed by atoms with E-state index in [0.29, 0.717) is 19.8 Å². The molecule has 1 N–H and O–H groups in total. The smallest absolute Gasteiger partial charge is 0.238 e. The first-order valence-corrected chi connectivity index (χ1v) is 11.0. The lowest BCUT2D eigenvalue weighted by Crippen LogP contribution is -2.32. The molecule has 0 spiro atoms. The van der Waals surface area contributed by atoms with Crippen LogP contribution in [-0.2, 0) is 4.79 Å². The van der Waals surface area contributed by atoms with Gasteiger partial charge in [-0.1, -0.05) is 12.1 Å².